The lowest BCUT2D eigenvalue weighted by Crippen LogP contribution is -2.42. The van der Waals surface area contributed by atoms with Crippen molar-refractivity contribution in [1.29, 1.82) is 0 Å². The first-order valence-electron chi connectivity index (χ1n) is 14.0. The van der Waals surface area contributed by atoms with Crippen LogP contribution in [0.2, 0.25) is 0 Å². The first-order valence-corrected chi connectivity index (χ1v) is 14.0. The van der Waals surface area contributed by atoms with Gasteiger partial charge in [0.05, 0.1) is 7.11 Å². The molecule has 0 aromatic heterocycles. The Morgan fingerprint density at radius 3 is 2.30 bits per heavy atom. The van der Waals surface area contributed by atoms with E-state index in [1.54, 1.807) is 24.3 Å². The molecule has 3 N–H and O–H groups in total. The van der Waals surface area contributed by atoms with Crippen LogP contribution in [-0.2, 0) is 16.0 Å². The van der Waals surface area contributed by atoms with Gasteiger partial charge in [-0.15, -0.1) is 0 Å². The number of nitrogens with one attached hydrogen (secondary N) is 2. The minimum Gasteiger partial charge on any atom is -0.497 e. The summed E-state index contributed by atoms with van der Waals surface area (Å²) in [6, 6.07) is 20.7. The highest BCUT2D eigenvalue weighted by Gasteiger charge is 2.21. The number of carbonyl (C=O) groups is 3. The fraction of sp³-hybridized carbons (Fsp3) is 0.364. The van der Waals surface area contributed by atoms with Crippen molar-refractivity contribution in [2.24, 2.45) is 5.92 Å². The van der Waals surface area contributed by atoms with Crippen molar-refractivity contribution >= 4 is 23.5 Å². The number of carboxylic acids is 1. The summed E-state index contributed by atoms with van der Waals surface area (Å²) in [5.74, 6) is -1.09. The van der Waals surface area contributed by atoms with Crippen molar-refractivity contribution in [1.82, 2.24) is 5.32 Å². The summed E-state index contributed by atoms with van der Waals surface area (Å²) >= 11 is 0. The summed E-state index contributed by atoms with van der Waals surface area (Å²) in [5, 5.41) is 15.4. The predicted octanol–water partition coefficient (Wildman–Crippen LogP) is 6.72. The Bertz CT molecular complexity index is 1270. The third-order valence-electron chi connectivity index (χ3n) is 6.98. The minimum absolute atomic E-state index is 0.0266. The van der Waals surface area contributed by atoms with Crippen LogP contribution in [0.15, 0.2) is 72.8 Å². The van der Waals surface area contributed by atoms with E-state index in [9.17, 15) is 19.5 Å². The number of anilines is 1. The monoisotopic (exact) mass is 544 g/mol. The molecule has 7 heteroatoms. The van der Waals surface area contributed by atoms with Crippen LogP contribution in [0.1, 0.15) is 68.3 Å². The number of carbonyl (C=O) groups excluding carboxylic acids is 2. The molecule has 2 amide bonds. The third-order valence-corrected chi connectivity index (χ3v) is 6.98. The van der Waals surface area contributed by atoms with Gasteiger partial charge < -0.3 is 20.5 Å². The number of rotatable bonds is 15. The highest BCUT2D eigenvalue weighted by molar-refractivity contribution is 5.97. The SMILES string of the molecule is CCCCCCCC(C)C(=O)Nc1cccc(-c2ccc(CC(NC(=O)c3cccc(OC)c3)C(=O)O)cc2)c1. The highest BCUT2D eigenvalue weighted by atomic mass is 16.5. The summed E-state index contributed by atoms with van der Waals surface area (Å²) in [5.41, 5.74) is 3.73. The number of hydrogen-bond donors (Lipinski definition) is 3. The lowest BCUT2D eigenvalue weighted by atomic mass is 9.99. The molecule has 3 rings (SSSR count). The lowest BCUT2D eigenvalue weighted by molar-refractivity contribution is -0.139. The van der Waals surface area contributed by atoms with Gasteiger partial charge in [0.2, 0.25) is 5.91 Å². The van der Waals surface area contributed by atoms with Gasteiger partial charge in [-0.2, -0.15) is 0 Å². The van der Waals surface area contributed by atoms with Gasteiger partial charge in [-0.1, -0.05) is 88.4 Å². The van der Waals surface area contributed by atoms with Crippen molar-refractivity contribution in [3.63, 3.8) is 0 Å². The quantitative estimate of drug-likeness (QED) is 0.184. The maximum absolute atomic E-state index is 12.7. The second kappa shape index (κ2) is 15.5. The van der Waals surface area contributed by atoms with Crippen molar-refractivity contribution in [3.05, 3.63) is 83.9 Å². The smallest absolute Gasteiger partial charge is 0.326 e. The van der Waals surface area contributed by atoms with E-state index in [1.165, 1.54) is 32.8 Å². The van der Waals surface area contributed by atoms with Crippen LogP contribution < -0.4 is 15.4 Å². The Balaban J connectivity index is 1.60. The van der Waals surface area contributed by atoms with Crippen molar-refractivity contribution < 1.29 is 24.2 Å². The molecule has 0 aliphatic heterocycles. The van der Waals surface area contributed by atoms with Crippen LogP contribution in [0.5, 0.6) is 5.75 Å². The van der Waals surface area contributed by atoms with Crippen LogP contribution in [0.25, 0.3) is 11.1 Å². The van der Waals surface area contributed by atoms with Gasteiger partial charge in [-0.25, -0.2) is 4.79 Å². The first kappa shape index (κ1) is 30.4. The number of methoxy groups -OCH3 is 1. The molecule has 3 aromatic carbocycles. The summed E-state index contributed by atoms with van der Waals surface area (Å²) in [7, 11) is 1.50. The lowest BCUT2D eigenvalue weighted by Gasteiger charge is -2.16. The third kappa shape index (κ3) is 9.26. The van der Waals surface area contributed by atoms with Crippen LogP contribution in [0, 0.1) is 5.92 Å². The average Bonchev–Trinajstić information content (AvgIpc) is 2.97. The molecule has 0 fully saturated rings. The molecule has 0 aliphatic carbocycles. The fourth-order valence-electron chi connectivity index (χ4n) is 4.50. The van der Waals surface area contributed by atoms with Gasteiger partial charge in [-0.05, 0) is 53.4 Å². The minimum atomic E-state index is -1.11. The molecule has 0 radical (unpaired) electrons. The Hall–Kier alpha value is -4.13. The summed E-state index contributed by atoms with van der Waals surface area (Å²) in [4.78, 5) is 37.2. The zero-order valence-electron chi connectivity index (χ0n) is 23.6. The van der Waals surface area contributed by atoms with E-state index < -0.39 is 17.9 Å². The van der Waals surface area contributed by atoms with Crippen molar-refractivity contribution in [3.8, 4) is 16.9 Å². The zero-order valence-corrected chi connectivity index (χ0v) is 23.6. The summed E-state index contributed by atoms with van der Waals surface area (Å²) < 4.78 is 5.15. The van der Waals surface area contributed by atoms with E-state index in [1.807, 2.05) is 55.5 Å². The average molecular weight is 545 g/mol. The summed E-state index contributed by atoms with van der Waals surface area (Å²) in [6.07, 6.45) is 6.93. The zero-order chi connectivity index (χ0) is 28.9. The molecule has 7 nitrogen and oxygen atoms in total. The Labute approximate surface area is 237 Å². The number of hydrogen-bond acceptors (Lipinski definition) is 4. The molecule has 212 valence electrons. The van der Waals surface area contributed by atoms with E-state index in [-0.39, 0.29) is 18.2 Å². The molecular weight excluding hydrogens is 504 g/mol. The van der Waals surface area contributed by atoms with Gasteiger partial charge in [0.25, 0.3) is 5.91 Å². The summed E-state index contributed by atoms with van der Waals surface area (Å²) in [6.45, 7) is 4.17. The molecule has 0 aliphatic rings. The molecule has 0 spiro atoms. The highest BCUT2D eigenvalue weighted by Crippen LogP contribution is 2.24. The van der Waals surface area contributed by atoms with Crippen LogP contribution in [0.4, 0.5) is 5.69 Å². The van der Waals surface area contributed by atoms with E-state index in [0.717, 1.165) is 35.2 Å². The second-order valence-electron chi connectivity index (χ2n) is 10.2. The van der Waals surface area contributed by atoms with E-state index in [2.05, 4.69) is 17.6 Å². The molecule has 0 bridgehead atoms. The van der Waals surface area contributed by atoms with Gasteiger partial charge in [-0.3, -0.25) is 9.59 Å². The van der Waals surface area contributed by atoms with E-state index in [4.69, 9.17) is 4.74 Å². The van der Waals surface area contributed by atoms with Gasteiger partial charge >= 0.3 is 5.97 Å². The normalized spacial score (nSPS) is 12.3. The predicted molar refractivity (Wildman–Crippen MR) is 159 cm³/mol. The molecule has 40 heavy (non-hydrogen) atoms. The van der Waals surface area contributed by atoms with Crippen LogP contribution in [0.3, 0.4) is 0 Å². The molecule has 2 unspecified atom stereocenters. The van der Waals surface area contributed by atoms with Crippen molar-refractivity contribution in [2.75, 3.05) is 12.4 Å². The Kier molecular flexibility index (Phi) is 11.8. The largest absolute Gasteiger partial charge is 0.497 e. The first-order chi connectivity index (χ1) is 19.3. The van der Waals surface area contributed by atoms with E-state index in [0.29, 0.717) is 11.3 Å². The number of amides is 2. The second-order valence-corrected chi connectivity index (χ2v) is 10.2. The Morgan fingerprint density at radius 2 is 1.60 bits per heavy atom. The van der Waals surface area contributed by atoms with Gasteiger partial charge in [0.15, 0.2) is 0 Å². The molecule has 0 saturated heterocycles. The van der Waals surface area contributed by atoms with Crippen molar-refractivity contribution in [2.45, 2.75) is 64.8 Å². The standard InChI is InChI=1S/C33H40N2O5/c1-4-5-6-7-8-11-23(2)31(36)34-28-14-9-12-26(21-28)25-18-16-24(17-19-25)20-30(33(38)39)35-32(37)27-13-10-15-29(22-27)40-3/h9-10,12-19,21-23,30H,4-8,11,20H2,1-3H3,(H,34,36)(H,35,37)(H,38,39). The van der Waals surface area contributed by atoms with Crippen LogP contribution >= 0.6 is 0 Å². The van der Waals surface area contributed by atoms with Gasteiger partial charge in [0.1, 0.15) is 11.8 Å². The maximum Gasteiger partial charge on any atom is 0.326 e. The fourth-order valence-corrected chi connectivity index (χ4v) is 4.50. The molecular formula is C33H40N2O5. The number of ether oxygens (including phenoxy) is 1. The molecule has 3 aromatic rings. The topological polar surface area (TPSA) is 105 Å². The Morgan fingerprint density at radius 1 is 0.875 bits per heavy atom. The number of benzene rings is 3. The maximum atomic E-state index is 12.7. The van der Waals surface area contributed by atoms with E-state index >= 15 is 0 Å². The number of carboxylic acid groups (broad SMARTS) is 1. The molecule has 2 atom stereocenters. The molecule has 0 heterocycles. The number of unbranched alkanes of at least 4 members (excludes halogenated alkanes) is 4. The van der Waals surface area contributed by atoms with Gasteiger partial charge in [0, 0.05) is 23.6 Å². The molecule has 0 saturated carbocycles. The van der Waals surface area contributed by atoms with Crippen LogP contribution in [-0.4, -0.2) is 36.0 Å². The number of aliphatic carboxylic acids is 1.